The van der Waals surface area contributed by atoms with Crippen molar-refractivity contribution in [2.75, 3.05) is 25.1 Å². The number of anilines is 1. The molecule has 0 saturated carbocycles. The molecule has 1 rings (SSSR count). The van der Waals surface area contributed by atoms with Crippen molar-refractivity contribution in [1.82, 2.24) is 14.3 Å². The van der Waals surface area contributed by atoms with Crippen LogP contribution < -0.4 is 16.1 Å². The maximum atomic E-state index is 11.6. The molecule has 0 bridgehead atoms. The van der Waals surface area contributed by atoms with Crippen LogP contribution in [-0.4, -0.2) is 39.7 Å². The highest BCUT2D eigenvalue weighted by atomic mass is 16.3. The van der Waals surface area contributed by atoms with E-state index in [4.69, 9.17) is 5.11 Å². The number of aliphatic hydroxyl groups is 1. The van der Waals surface area contributed by atoms with Crippen LogP contribution in [-0.2, 0) is 14.1 Å². The fourth-order valence-corrected chi connectivity index (χ4v) is 1.18. The molecule has 0 saturated heterocycles. The topological polar surface area (TPSA) is 80.4 Å². The summed E-state index contributed by atoms with van der Waals surface area (Å²) < 4.78 is 2.07. The van der Waals surface area contributed by atoms with E-state index in [0.717, 1.165) is 9.25 Å². The molecular formula is C8H14N4O3. The van der Waals surface area contributed by atoms with E-state index < -0.39 is 11.2 Å². The summed E-state index contributed by atoms with van der Waals surface area (Å²) in [6.07, 6.45) is 0. The van der Waals surface area contributed by atoms with Gasteiger partial charge in [0.2, 0.25) is 5.82 Å². The van der Waals surface area contributed by atoms with Gasteiger partial charge in [-0.3, -0.25) is 9.36 Å². The van der Waals surface area contributed by atoms with Crippen molar-refractivity contribution in [1.29, 1.82) is 0 Å². The third kappa shape index (κ3) is 2.07. The van der Waals surface area contributed by atoms with Gasteiger partial charge in [0.05, 0.1) is 6.61 Å². The molecule has 0 aliphatic carbocycles. The maximum Gasteiger partial charge on any atom is 0.346 e. The predicted molar refractivity (Wildman–Crippen MR) is 55.1 cm³/mol. The van der Waals surface area contributed by atoms with Gasteiger partial charge in [-0.1, -0.05) is 0 Å². The lowest BCUT2D eigenvalue weighted by Gasteiger charge is -2.16. The molecule has 0 spiro atoms. The van der Waals surface area contributed by atoms with Gasteiger partial charge in [-0.05, 0) is 0 Å². The number of hydrogen-bond acceptors (Lipinski definition) is 5. The van der Waals surface area contributed by atoms with Crippen molar-refractivity contribution in [3.63, 3.8) is 0 Å². The SMILES string of the molecule is CN(CCO)c1nn(C)c(=O)n(C)c1=O. The van der Waals surface area contributed by atoms with Gasteiger partial charge in [0, 0.05) is 27.7 Å². The Labute approximate surface area is 86.2 Å². The molecular weight excluding hydrogens is 200 g/mol. The first-order chi connectivity index (χ1) is 6.99. The summed E-state index contributed by atoms with van der Waals surface area (Å²) in [5.74, 6) is 0.147. The van der Waals surface area contributed by atoms with E-state index in [1.165, 1.54) is 19.0 Å². The molecule has 15 heavy (non-hydrogen) atoms. The van der Waals surface area contributed by atoms with Crippen LogP contribution in [0.5, 0.6) is 0 Å². The van der Waals surface area contributed by atoms with E-state index in [2.05, 4.69) is 5.10 Å². The van der Waals surface area contributed by atoms with Crippen LogP contribution in [0.2, 0.25) is 0 Å². The van der Waals surface area contributed by atoms with Gasteiger partial charge < -0.3 is 10.0 Å². The molecule has 0 amide bonds. The van der Waals surface area contributed by atoms with Crippen LogP contribution in [0.4, 0.5) is 5.82 Å². The predicted octanol–water partition coefficient (Wildman–Crippen LogP) is -2.09. The van der Waals surface area contributed by atoms with Gasteiger partial charge in [-0.15, -0.1) is 5.10 Å². The van der Waals surface area contributed by atoms with Gasteiger partial charge in [0.25, 0.3) is 5.56 Å². The second-order valence-corrected chi connectivity index (χ2v) is 3.24. The highest BCUT2D eigenvalue weighted by molar-refractivity contribution is 5.32. The summed E-state index contributed by atoms with van der Waals surface area (Å²) in [5.41, 5.74) is -0.935. The van der Waals surface area contributed by atoms with Crippen LogP contribution in [0.25, 0.3) is 0 Å². The van der Waals surface area contributed by atoms with Gasteiger partial charge in [0.1, 0.15) is 0 Å². The minimum atomic E-state index is -0.471. The number of nitrogens with zero attached hydrogens (tertiary/aromatic N) is 4. The third-order valence-corrected chi connectivity index (χ3v) is 2.10. The van der Waals surface area contributed by atoms with Crippen LogP contribution in [0, 0.1) is 0 Å². The normalized spacial score (nSPS) is 10.4. The van der Waals surface area contributed by atoms with Gasteiger partial charge >= 0.3 is 5.69 Å². The van der Waals surface area contributed by atoms with Gasteiger partial charge in [-0.25, -0.2) is 9.48 Å². The number of aryl methyl sites for hydroxylation is 1. The Bertz CT molecular complexity index is 462. The first-order valence-electron chi connectivity index (χ1n) is 4.45. The first kappa shape index (κ1) is 11.4. The second-order valence-electron chi connectivity index (χ2n) is 3.24. The molecule has 1 aromatic rings. The molecule has 7 heteroatoms. The fourth-order valence-electron chi connectivity index (χ4n) is 1.18. The molecule has 7 nitrogen and oxygen atoms in total. The standard InChI is InChI=1S/C8H14N4O3/c1-10(4-5-13)6-7(14)11(2)8(15)12(3)9-6/h13H,4-5H2,1-3H3. The third-order valence-electron chi connectivity index (χ3n) is 2.10. The molecule has 0 radical (unpaired) electrons. The summed E-state index contributed by atoms with van der Waals surface area (Å²) in [5, 5.41) is 12.6. The molecule has 0 aromatic carbocycles. The Morgan fingerprint density at radius 3 is 2.53 bits per heavy atom. The minimum absolute atomic E-state index is 0.0792. The van der Waals surface area contributed by atoms with E-state index in [1.54, 1.807) is 7.05 Å². The summed E-state index contributed by atoms with van der Waals surface area (Å²) in [4.78, 5) is 24.4. The monoisotopic (exact) mass is 214 g/mol. The molecule has 0 fully saturated rings. The smallest absolute Gasteiger partial charge is 0.346 e. The van der Waals surface area contributed by atoms with Crippen molar-refractivity contribution in [2.24, 2.45) is 14.1 Å². The van der Waals surface area contributed by atoms with E-state index in [-0.39, 0.29) is 12.4 Å². The Kier molecular flexibility index (Phi) is 3.25. The summed E-state index contributed by atoms with van der Waals surface area (Å²) in [6, 6.07) is 0. The van der Waals surface area contributed by atoms with E-state index in [9.17, 15) is 9.59 Å². The van der Waals surface area contributed by atoms with Crippen molar-refractivity contribution in [3.05, 3.63) is 20.8 Å². The van der Waals surface area contributed by atoms with E-state index in [1.807, 2.05) is 0 Å². The van der Waals surface area contributed by atoms with Crippen molar-refractivity contribution in [3.8, 4) is 0 Å². The number of aliphatic hydroxyl groups excluding tert-OH is 1. The molecule has 0 aliphatic rings. The number of likely N-dealkylation sites (N-methyl/N-ethyl adjacent to an activating group) is 1. The van der Waals surface area contributed by atoms with E-state index in [0.29, 0.717) is 6.54 Å². The van der Waals surface area contributed by atoms with Crippen LogP contribution in [0.3, 0.4) is 0 Å². The van der Waals surface area contributed by atoms with Gasteiger partial charge in [0.15, 0.2) is 0 Å². The van der Waals surface area contributed by atoms with E-state index >= 15 is 0 Å². The molecule has 0 atom stereocenters. The zero-order valence-corrected chi connectivity index (χ0v) is 8.97. The highest BCUT2D eigenvalue weighted by Crippen LogP contribution is 1.96. The lowest BCUT2D eigenvalue weighted by atomic mass is 10.5. The lowest BCUT2D eigenvalue weighted by molar-refractivity contribution is 0.303. The Morgan fingerprint density at radius 2 is 2.00 bits per heavy atom. The van der Waals surface area contributed by atoms with Crippen LogP contribution >= 0.6 is 0 Å². The zero-order valence-electron chi connectivity index (χ0n) is 8.97. The van der Waals surface area contributed by atoms with Crippen LogP contribution in [0.15, 0.2) is 9.59 Å². The number of hydrogen-bond donors (Lipinski definition) is 1. The number of aromatic nitrogens is 3. The maximum absolute atomic E-state index is 11.6. The Hall–Kier alpha value is -1.63. The fraction of sp³-hybridized carbons (Fsp3) is 0.625. The average Bonchev–Trinajstić information content (AvgIpc) is 2.20. The zero-order chi connectivity index (χ0) is 11.6. The molecule has 1 aromatic heterocycles. The summed E-state index contributed by atoms with van der Waals surface area (Å²) in [6.45, 7) is 0.213. The van der Waals surface area contributed by atoms with Crippen molar-refractivity contribution < 1.29 is 5.11 Å². The average molecular weight is 214 g/mol. The molecule has 84 valence electrons. The largest absolute Gasteiger partial charge is 0.395 e. The molecule has 1 N–H and O–H groups in total. The second kappa shape index (κ2) is 4.26. The van der Waals surface area contributed by atoms with Gasteiger partial charge in [-0.2, -0.15) is 0 Å². The Morgan fingerprint density at radius 1 is 1.40 bits per heavy atom. The quantitative estimate of drug-likeness (QED) is 0.624. The molecule has 0 aliphatic heterocycles. The molecule has 0 unspecified atom stereocenters. The minimum Gasteiger partial charge on any atom is -0.395 e. The summed E-state index contributed by atoms with van der Waals surface area (Å²) in [7, 11) is 4.49. The first-order valence-corrected chi connectivity index (χ1v) is 4.45. The van der Waals surface area contributed by atoms with Crippen molar-refractivity contribution >= 4 is 5.82 Å². The van der Waals surface area contributed by atoms with Crippen molar-refractivity contribution in [2.45, 2.75) is 0 Å². The lowest BCUT2D eigenvalue weighted by Crippen LogP contribution is -2.42. The van der Waals surface area contributed by atoms with Crippen LogP contribution in [0.1, 0.15) is 0 Å². The molecule has 1 heterocycles. The number of rotatable bonds is 3. The summed E-state index contributed by atoms with van der Waals surface area (Å²) >= 11 is 0. The highest BCUT2D eigenvalue weighted by Gasteiger charge is 2.11. The Balaban J connectivity index is 3.33.